The van der Waals surface area contributed by atoms with Gasteiger partial charge in [-0.3, -0.25) is 9.78 Å². The Balaban J connectivity index is 1.51. The zero-order valence-electron chi connectivity index (χ0n) is 14.0. The number of hydrogen-bond acceptors (Lipinski definition) is 2. The highest BCUT2D eigenvalue weighted by Crippen LogP contribution is 2.29. The van der Waals surface area contributed by atoms with Gasteiger partial charge in [0, 0.05) is 17.3 Å². The van der Waals surface area contributed by atoms with Crippen molar-refractivity contribution in [2.75, 3.05) is 0 Å². The predicted octanol–water partition coefficient (Wildman–Crippen LogP) is 4.56. The van der Waals surface area contributed by atoms with Gasteiger partial charge in [-0.15, -0.1) is 0 Å². The highest BCUT2D eigenvalue weighted by atomic mass is 16.1. The second-order valence-electron chi connectivity index (χ2n) is 6.41. The molecule has 1 heterocycles. The van der Waals surface area contributed by atoms with Crippen LogP contribution < -0.4 is 5.32 Å². The van der Waals surface area contributed by atoms with E-state index < -0.39 is 0 Å². The summed E-state index contributed by atoms with van der Waals surface area (Å²) in [4.78, 5) is 17.0. The van der Waals surface area contributed by atoms with E-state index in [4.69, 9.17) is 0 Å². The van der Waals surface area contributed by atoms with Gasteiger partial charge in [-0.25, -0.2) is 0 Å². The van der Waals surface area contributed by atoms with Gasteiger partial charge < -0.3 is 5.32 Å². The first-order valence-electron chi connectivity index (χ1n) is 8.71. The first kappa shape index (κ1) is 15.6. The molecule has 0 saturated heterocycles. The van der Waals surface area contributed by atoms with Crippen LogP contribution >= 0.6 is 0 Å². The van der Waals surface area contributed by atoms with Crippen molar-refractivity contribution in [3.63, 3.8) is 0 Å². The van der Waals surface area contributed by atoms with Crippen molar-refractivity contribution < 1.29 is 4.79 Å². The van der Waals surface area contributed by atoms with Crippen LogP contribution in [0.3, 0.4) is 0 Å². The number of benzene rings is 2. The van der Waals surface area contributed by atoms with E-state index in [0.29, 0.717) is 5.56 Å². The summed E-state index contributed by atoms with van der Waals surface area (Å²) >= 11 is 0. The van der Waals surface area contributed by atoms with E-state index in [1.165, 1.54) is 11.1 Å². The average Bonchev–Trinajstić information content (AvgIpc) is 2.69. The number of fused-ring (bicyclic) bond motifs is 1. The lowest BCUT2D eigenvalue weighted by Gasteiger charge is -2.26. The molecule has 0 saturated carbocycles. The third kappa shape index (κ3) is 3.31. The molecule has 0 radical (unpaired) electrons. The van der Waals surface area contributed by atoms with E-state index in [1.54, 1.807) is 6.20 Å². The Morgan fingerprint density at radius 3 is 2.56 bits per heavy atom. The smallest absolute Gasteiger partial charge is 0.251 e. The van der Waals surface area contributed by atoms with Crippen molar-refractivity contribution in [1.82, 2.24) is 10.3 Å². The highest BCUT2D eigenvalue weighted by Gasteiger charge is 2.21. The van der Waals surface area contributed by atoms with Gasteiger partial charge in [-0.05, 0) is 54.7 Å². The molecule has 1 unspecified atom stereocenters. The molecule has 4 rings (SSSR count). The molecule has 2 aromatic carbocycles. The molecule has 1 atom stereocenters. The van der Waals surface area contributed by atoms with Gasteiger partial charge in [0.05, 0.1) is 11.7 Å². The first-order chi connectivity index (χ1) is 12.3. The molecular weight excluding hydrogens is 308 g/mol. The number of carbonyl (C=O) groups is 1. The van der Waals surface area contributed by atoms with E-state index in [0.717, 1.165) is 30.5 Å². The highest BCUT2D eigenvalue weighted by molar-refractivity contribution is 5.95. The fourth-order valence-corrected chi connectivity index (χ4v) is 3.47. The summed E-state index contributed by atoms with van der Waals surface area (Å²) in [6, 6.07) is 22.0. The molecule has 3 heteroatoms. The molecular formula is C22H20N2O. The lowest BCUT2D eigenvalue weighted by Crippen LogP contribution is -2.30. The molecule has 124 valence electrons. The normalized spacial score (nSPS) is 16.1. The van der Waals surface area contributed by atoms with Crippen molar-refractivity contribution in [3.8, 4) is 11.3 Å². The number of pyridine rings is 1. The van der Waals surface area contributed by atoms with Crippen LogP contribution in [0.5, 0.6) is 0 Å². The fraction of sp³-hybridized carbons (Fsp3) is 0.182. The van der Waals surface area contributed by atoms with Crippen molar-refractivity contribution in [1.29, 1.82) is 0 Å². The number of nitrogens with one attached hydrogen (secondary N) is 1. The van der Waals surface area contributed by atoms with Crippen LogP contribution in [0.4, 0.5) is 0 Å². The topological polar surface area (TPSA) is 42.0 Å². The van der Waals surface area contributed by atoms with Gasteiger partial charge in [0.2, 0.25) is 0 Å². The molecule has 1 aliphatic carbocycles. The maximum absolute atomic E-state index is 12.6. The van der Waals surface area contributed by atoms with E-state index in [2.05, 4.69) is 28.5 Å². The summed E-state index contributed by atoms with van der Waals surface area (Å²) in [6.07, 6.45) is 4.98. The van der Waals surface area contributed by atoms with Crippen LogP contribution in [0.1, 0.15) is 40.4 Å². The standard InChI is InChI=1S/C22H20N2O/c25-22(24-21-10-5-7-16-6-1-2-8-19(16)21)18-13-11-17(12-14-18)20-9-3-4-15-23-20/h1-4,6,8-9,11-15,21H,5,7,10H2,(H,24,25). The number of aromatic nitrogens is 1. The molecule has 1 aliphatic rings. The molecule has 1 amide bonds. The predicted molar refractivity (Wildman–Crippen MR) is 99.3 cm³/mol. The van der Waals surface area contributed by atoms with Gasteiger partial charge in [-0.1, -0.05) is 42.5 Å². The monoisotopic (exact) mass is 328 g/mol. The minimum atomic E-state index is -0.0192. The van der Waals surface area contributed by atoms with Crippen molar-refractivity contribution in [2.45, 2.75) is 25.3 Å². The molecule has 1 aromatic heterocycles. The van der Waals surface area contributed by atoms with Crippen LogP contribution in [0.2, 0.25) is 0 Å². The summed E-state index contributed by atoms with van der Waals surface area (Å²) < 4.78 is 0. The summed E-state index contributed by atoms with van der Waals surface area (Å²) in [7, 11) is 0. The van der Waals surface area contributed by atoms with Gasteiger partial charge in [0.1, 0.15) is 0 Å². The molecule has 0 bridgehead atoms. The third-order valence-electron chi connectivity index (χ3n) is 4.78. The van der Waals surface area contributed by atoms with Crippen molar-refractivity contribution in [2.24, 2.45) is 0 Å². The number of carbonyl (C=O) groups excluding carboxylic acids is 1. The van der Waals surface area contributed by atoms with E-state index >= 15 is 0 Å². The molecule has 0 spiro atoms. The number of aryl methyl sites for hydroxylation is 1. The summed E-state index contributed by atoms with van der Waals surface area (Å²) in [5.41, 5.74) is 5.22. The molecule has 3 aromatic rings. The largest absolute Gasteiger partial charge is 0.345 e. The van der Waals surface area contributed by atoms with E-state index in [1.807, 2.05) is 48.5 Å². The summed E-state index contributed by atoms with van der Waals surface area (Å²) in [5.74, 6) is -0.0192. The van der Waals surface area contributed by atoms with Crippen molar-refractivity contribution in [3.05, 3.63) is 89.6 Å². The Bertz CT molecular complexity index is 872. The van der Waals surface area contributed by atoms with Gasteiger partial charge in [-0.2, -0.15) is 0 Å². The third-order valence-corrected chi connectivity index (χ3v) is 4.78. The second-order valence-corrected chi connectivity index (χ2v) is 6.41. The summed E-state index contributed by atoms with van der Waals surface area (Å²) in [5, 5.41) is 3.20. The lowest BCUT2D eigenvalue weighted by molar-refractivity contribution is 0.0933. The summed E-state index contributed by atoms with van der Waals surface area (Å²) in [6.45, 7) is 0. The Labute approximate surface area is 147 Å². The minimum Gasteiger partial charge on any atom is -0.345 e. The van der Waals surface area contributed by atoms with Crippen LogP contribution in [-0.4, -0.2) is 10.9 Å². The maximum Gasteiger partial charge on any atom is 0.251 e. The molecule has 3 nitrogen and oxygen atoms in total. The molecule has 25 heavy (non-hydrogen) atoms. The van der Waals surface area contributed by atoms with Crippen LogP contribution in [0, 0.1) is 0 Å². The van der Waals surface area contributed by atoms with Gasteiger partial charge >= 0.3 is 0 Å². The van der Waals surface area contributed by atoms with Gasteiger partial charge in [0.25, 0.3) is 5.91 Å². The Morgan fingerprint density at radius 1 is 0.960 bits per heavy atom. The van der Waals surface area contributed by atoms with Crippen LogP contribution in [-0.2, 0) is 6.42 Å². The number of nitrogens with zero attached hydrogens (tertiary/aromatic N) is 1. The SMILES string of the molecule is O=C(NC1CCCc2ccccc21)c1ccc(-c2ccccn2)cc1. The van der Waals surface area contributed by atoms with Crippen LogP contribution in [0.15, 0.2) is 72.9 Å². The molecule has 1 N–H and O–H groups in total. The maximum atomic E-state index is 12.6. The number of hydrogen-bond donors (Lipinski definition) is 1. The zero-order chi connectivity index (χ0) is 17.1. The van der Waals surface area contributed by atoms with Gasteiger partial charge in [0.15, 0.2) is 0 Å². The Hall–Kier alpha value is -2.94. The Morgan fingerprint density at radius 2 is 1.76 bits per heavy atom. The Kier molecular flexibility index (Phi) is 4.30. The van der Waals surface area contributed by atoms with E-state index in [-0.39, 0.29) is 11.9 Å². The second kappa shape index (κ2) is 6.89. The quantitative estimate of drug-likeness (QED) is 0.766. The van der Waals surface area contributed by atoms with Crippen LogP contribution in [0.25, 0.3) is 11.3 Å². The molecule has 0 fully saturated rings. The molecule has 0 aliphatic heterocycles. The average molecular weight is 328 g/mol. The van der Waals surface area contributed by atoms with E-state index in [9.17, 15) is 4.79 Å². The number of amides is 1. The fourth-order valence-electron chi connectivity index (χ4n) is 3.47. The first-order valence-corrected chi connectivity index (χ1v) is 8.71. The van der Waals surface area contributed by atoms with Crippen molar-refractivity contribution >= 4 is 5.91 Å². The lowest BCUT2D eigenvalue weighted by atomic mass is 9.87. The zero-order valence-corrected chi connectivity index (χ0v) is 14.0. The minimum absolute atomic E-state index is 0.0192. The number of rotatable bonds is 3.